The van der Waals surface area contributed by atoms with E-state index in [1.165, 1.54) is 18.2 Å². The number of nitrogens with zero attached hydrogens (tertiary/aromatic N) is 1. The van der Waals surface area contributed by atoms with Crippen molar-refractivity contribution >= 4 is 35.9 Å². The zero-order chi connectivity index (χ0) is 18.1. The van der Waals surface area contributed by atoms with E-state index in [4.69, 9.17) is 4.74 Å². The van der Waals surface area contributed by atoms with E-state index in [2.05, 4.69) is 46.8 Å². The van der Waals surface area contributed by atoms with E-state index < -0.39 is 0 Å². The van der Waals surface area contributed by atoms with Crippen LogP contribution in [0.4, 0.5) is 0 Å². The molecule has 2 aromatic carbocycles. The van der Waals surface area contributed by atoms with Gasteiger partial charge in [0.15, 0.2) is 5.96 Å². The van der Waals surface area contributed by atoms with Crippen LogP contribution in [-0.2, 0) is 17.7 Å². The molecule has 0 aromatic heterocycles. The maximum atomic E-state index is 11.4. The fraction of sp³-hybridized carbons (Fsp3) is 0.300. The second-order valence-electron chi connectivity index (χ2n) is 5.78. The molecule has 0 aliphatic heterocycles. The first-order valence-electron chi connectivity index (χ1n) is 8.29. The number of aliphatic imine (C=N–C) groups is 1. The van der Waals surface area contributed by atoms with Crippen LogP contribution in [0.5, 0.6) is 0 Å². The minimum atomic E-state index is -0.314. The molecule has 26 heavy (non-hydrogen) atoms. The van der Waals surface area contributed by atoms with Gasteiger partial charge in [-0.15, -0.1) is 24.0 Å². The molecule has 2 aromatic rings. The number of hydrogen-bond donors (Lipinski definition) is 2. The number of benzene rings is 2. The fourth-order valence-electron chi connectivity index (χ4n) is 2.36. The Hall–Kier alpha value is -2.09. The van der Waals surface area contributed by atoms with Crippen LogP contribution >= 0.6 is 24.0 Å². The molecule has 0 heterocycles. The summed E-state index contributed by atoms with van der Waals surface area (Å²) in [5.74, 6) is 0.456. The highest BCUT2D eigenvalue weighted by molar-refractivity contribution is 14.0. The Kier molecular flexibility index (Phi) is 9.72. The van der Waals surface area contributed by atoms with Gasteiger partial charge < -0.3 is 15.4 Å². The van der Waals surface area contributed by atoms with Crippen molar-refractivity contribution in [3.63, 3.8) is 0 Å². The third kappa shape index (κ3) is 7.03. The number of rotatable bonds is 6. The highest BCUT2D eigenvalue weighted by Crippen LogP contribution is 2.06. The standard InChI is InChI=1S/C20H25N3O2.HI/c1-15-4-6-17(7-5-15)14-23-20(21-2)22-13-12-16-8-10-18(11-9-16)19(24)25-3;/h4-11H,12-14H2,1-3H3,(H2,21,22,23);1H. The summed E-state index contributed by atoms with van der Waals surface area (Å²) in [7, 11) is 3.14. The molecule has 0 aliphatic rings. The summed E-state index contributed by atoms with van der Waals surface area (Å²) in [4.78, 5) is 15.6. The average molecular weight is 467 g/mol. The normalized spacial score (nSPS) is 10.7. The Morgan fingerprint density at radius 1 is 1.00 bits per heavy atom. The van der Waals surface area contributed by atoms with Gasteiger partial charge in [-0.05, 0) is 36.6 Å². The van der Waals surface area contributed by atoms with Gasteiger partial charge in [0.1, 0.15) is 0 Å². The molecule has 5 nitrogen and oxygen atoms in total. The van der Waals surface area contributed by atoms with Crippen molar-refractivity contribution < 1.29 is 9.53 Å². The molecule has 0 bridgehead atoms. The number of halogens is 1. The quantitative estimate of drug-likeness (QED) is 0.296. The lowest BCUT2D eigenvalue weighted by Gasteiger charge is -2.12. The number of hydrogen-bond acceptors (Lipinski definition) is 3. The number of aryl methyl sites for hydroxylation is 1. The summed E-state index contributed by atoms with van der Waals surface area (Å²) in [6.07, 6.45) is 0.840. The zero-order valence-corrected chi connectivity index (χ0v) is 17.7. The number of carbonyl (C=O) groups excluding carboxylic acids is 1. The van der Waals surface area contributed by atoms with Gasteiger partial charge in [0, 0.05) is 20.1 Å². The summed E-state index contributed by atoms with van der Waals surface area (Å²) in [6, 6.07) is 15.9. The van der Waals surface area contributed by atoms with Crippen molar-refractivity contribution in [2.24, 2.45) is 4.99 Å². The van der Waals surface area contributed by atoms with E-state index >= 15 is 0 Å². The van der Waals surface area contributed by atoms with Crippen LogP contribution in [0.3, 0.4) is 0 Å². The van der Waals surface area contributed by atoms with Gasteiger partial charge in [-0.25, -0.2) is 4.79 Å². The van der Waals surface area contributed by atoms with Gasteiger partial charge >= 0.3 is 5.97 Å². The van der Waals surface area contributed by atoms with Crippen LogP contribution in [-0.4, -0.2) is 32.6 Å². The minimum Gasteiger partial charge on any atom is -0.465 e. The van der Waals surface area contributed by atoms with E-state index in [0.717, 1.165) is 31.0 Å². The first kappa shape index (κ1) is 22.0. The van der Waals surface area contributed by atoms with Crippen LogP contribution in [0, 0.1) is 6.92 Å². The van der Waals surface area contributed by atoms with Gasteiger partial charge in [0.25, 0.3) is 0 Å². The molecule has 0 saturated heterocycles. The second kappa shape index (κ2) is 11.5. The third-order valence-electron chi connectivity index (χ3n) is 3.89. The summed E-state index contributed by atoms with van der Waals surface area (Å²) in [5.41, 5.74) is 4.18. The topological polar surface area (TPSA) is 62.7 Å². The van der Waals surface area contributed by atoms with E-state index in [0.29, 0.717) is 5.56 Å². The van der Waals surface area contributed by atoms with Crippen molar-refractivity contribution in [2.45, 2.75) is 19.9 Å². The molecule has 0 fully saturated rings. The molecular weight excluding hydrogens is 441 g/mol. The molecule has 0 amide bonds. The SMILES string of the molecule is CN=C(NCCc1ccc(C(=O)OC)cc1)NCc1ccc(C)cc1.I. The van der Waals surface area contributed by atoms with Gasteiger partial charge in [0.05, 0.1) is 12.7 Å². The molecule has 0 unspecified atom stereocenters. The molecule has 0 spiro atoms. The number of ether oxygens (including phenoxy) is 1. The van der Waals surface area contributed by atoms with Crippen molar-refractivity contribution in [1.82, 2.24) is 10.6 Å². The minimum absolute atomic E-state index is 0. The van der Waals surface area contributed by atoms with Crippen LogP contribution in [0.2, 0.25) is 0 Å². The summed E-state index contributed by atoms with van der Waals surface area (Å²) >= 11 is 0. The molecule has 0 radical (unpaired) electrons. The Bertz CT molecular complexity index is 713. The Morgan fingerprint density at radius 2 is 1.62 bits per heavy atom. The molecule has 0 aliphatic carbocycles. The Balaban J connectivity index is 0.00000338. The number of esters is 1. The number of nitrogens with one attached hydrogen (secondary N) is 2. The first-order chi connectivity index (χ1) is 12.1. The van der Waals surface area contributed by atoms with E-state index in [9.17, 15) is 4.79 Å². The molecule has 2 rings (SSSR count). The van der Waals surface area contributed by atoms with Crippen molar-refractivity contribution in [1.29, 1.82) is 0 Å². The maximum Gasteiger partial charge on any atom is 0.337 e. The van der Waals surface area contributed by atoms with Crippen LogP contribution in [0.25, 0.3) is 0 Å². The van der Waals surface area contributed by atoms with Crippen molar-refractivity contribution in [3.05, 3.63) is 70.8 Å². The first-order valence-corrected chi connectivity index (χ1v) is 8.29. The number of methoxy groups -OCH3 is 1. The van der Waals surface area contributed by atoms with Gasteiger partial charge in [-0.1, -0.05) is 42.0 Å². The highest BCUT2D eigenvalue weighted by Gasteiger charge is 2.04. The molecular formula is C20H26IN3O2. The lowest BCUT2D eigenvalue weighted by Crippen LogP contribution is -2.37. The van der Waals surface area contributed by atoms with Gasteiger partial charge in [-0.2, -0.15) is 0 Å². The molecule has 6 heteroatoms. The maximum absolute atomic E-state index is 11.4. The fourth-order valence-corrected chi connectivity index (χ4v) is 2.36. The predicted octanol–water partition coefficient (Wildman–Crippen LogP) is 3.31. The zero-order valence-electron chi connectivity index (χ0n) is 15.4. The largest absolute Gasteiger partial charge is 0.465 e. The van der Waals surface area contributed by atoms with Crippen LogP contribution in [0.15, 0.2) is 53.5 Å². The average Bonchev–Trinajstić information content (AvgIpc) is 2.65. The van der Waals surface area contributed by atoms with Crippen molar-refractivity contribution in [3.8, 4) is 0 Å². The van der Waals surface area contributed by atoms with Gasteiger partial charge in [-0.3, -0.25) is 4.99 Å². The number of carbonyl (C=O) groups is 1. The summed E-state index contributed by atoms with van der Waals surface area (Å²) < 4.78 is 4.70. The summed E-state index contributed by atoms with van der Waals surface area (Å²) in [6.45, 7) is 3.56. The van der Waals surface area contributed by atoms with Crippen LogP contribution < -0.4 is 10.6 Å². The van der Waals surface area contributed by atoms with E-state index in [-0.39, 0.29) is 29.9 Å². The van der Waals surface area contributed by atoms with Crippen LogP contribution in [0.1, 0.15) is 27.0 Å². The molecule has 2 N–H and O–H groups in total. The Morgan fingerprint density at radius 3 is 2.19 bits per heavy atom. The Labute approximate surface area is 172 Å². The summed E-state index contributed by atoms with van der Waals surface area (Å²) in [5, 5.41) is 6.60. The lowest BCUT2D eigenvalue weighted by molar-refractivity contribution is 0.0600. The van der Waals surface area contributed by atoms with E-state index in [1.54, 1.807) is 19.2 Å². The van der Waals surface area contributed by atoms with E-state index in [1.807, 2.05) is 12.1 Å². The lowest BCUT2D eigenvalue weighted by atomic mass is 10.1. The monoisotopic (exact) mass is 467 g/mol. The predicted molar refractivity (Wildman–Crippen MR) is 116 cm³/mol. The highest BCUT2D eigenvalue weighted by atomic mass is 127. The molecule has 0 saturated carbocycles. The van der Waals surface area contributed by atoms with Gasteiger partial charge in [0.2, 0.25) is 0 Å². The smallest absolute Gasteiger partial charge is 0.337 e. The molecule has 140 valence electrons. The van der Waals surface area contributed by atoms with Crippen molar-refractivity contribution in [2.75, 3.05) is 20.7 Å². The number of guanidine groups is 1. The molecule has 0 atom stereocenters. The third-order valence-corrected chi connectivity index (χ3v) is 3.89. The second-order valence-corrected chi connectivity index (χ2v) is 5.78.